The van der Waals surface area contributed by atoms with Gasteiger partial charge in [-0.1, -0.05) is 32.6 Å². The van der Waals surface area contributed by atoms with E-state index in [2.05, 4.69) is 11.8 Å². The third-order valence-corrected chi connectivity index (χ3v) is 1.59. The summed E-state index contributed by atoms with van der Waals surface area (Å²) >= 11 is 0. The Morgan fingerprint density at radius 1 is 1.25 bits per heavy atom. The first-order valence-corrected chi connectivity index (χ1v) is 4.15. The first kappa shape index (κ1) is 14.7. The van der Waals surface area contributed by atoms with Gasteiger partial charge in [-0.3, -0.25) is 0 Å². The molecule has 0 fully saturated rings. The summed E-state index contributed by atoms with van der Waals surface area (Å²) in [7, 11) is 0. The SMILES string of the molecule is CCCCCCCC(=O)OO.[Ti+2]. The molecule has 0 spiro atoms. The Kier molecular flexibility index (Phi) is 13.6. The van der Waals surface area contributed by atoms with Gasteiger partial charge in [0.1, 0.15) is 0 Å². The second kappa shape index (κ2) is 11.1. The molecule has 0 atom stereocenters. The molecule has 0 aromatic heterocycles. The van der Waals surface area contributed by atoms with E-state index in [-0.39, 0.29) is 21.7 Å². The normalized spacial score (nSPS) is 8.83. The van der Waals surface area contributed by atoms with Crippen LogP contribution in [-0.2, 0) is 31.4 Å². The van der Waals surface area contributed by atoms with Crippen LogP contribution < -0.4 is 0 Å². The monoisotopic (exact) mass is 208 g/mol. The maximum Gasteiger partial charge on any atom is 2.00 e. The summed E-state index contributed by atoms with van der Waals surface area (Å²) < 4.78 is 0. The molecule has 0 aromatic rings. The maximum atomic E-state index is 10.4. The summed E-state index contributed by atoms with van der Waals surface area (Å²) in [5.41, 5.74) is 0. The van der Waals surface area contributed by atoms with Gasteiger partial charge in [-0.15, -0.1) is 0 Å². The number of hydrogen-bond donors (Lipinski definition) is 1. The fraction of sp³-hybridized carbons (Fsp3) is 0.875. The number of carbonyl (C=O) groups is 1. The van der Waals surface area contributed by atoms with E-state index < -0.39 is 5.97 Å². The average molecular weight is 208 g/mol. The quantitative estimate of drug-likeness (QED) is 0.315. The third-order valence-electron chi connectivity index (χ3n) is 1.59. The fourth-order valence-electron chi connectivity index (χ4n) is 0.919. The van der Waals surface area contributed by atoms with Crippen LogP contribution in [0.15, 0.2) is 0 Å². The van der Waals surface area contributed by atoms with Crippen LogP contribution >= 0.6 is 0 Å². The molecule has 4 heteroatoms. The van der Waals surface area contributed by atoms with E-state index in [1.807, 2.05) is 0 Å². The van der Waals surface area contributed by atoms with Crippen LogP contribution in [0.2, 0.25) is 0 Å². The number of rotatable bonds is 6. The van der Waals surface area contributed by atoms with E-state index in [0.717, 1.165) is 19.3 Å². The zero-order chi connectivity index (χ0) is 8.53. The van der Waals surface area contributed by atoms with E-state index in [9.17, 15) is 4.79 Å². The standard InChI is InChI=1S/C8H16O3.Ti/c1-2-3-4-5-6-7-8(9)11-10;/h10H,2-7H2,1H3;/q;+2. The Labute approximate surface area is 88.3 Å². The van der Waals surface area contributed by atoms with Gasteiger partial charge in [0.25, 0.3) is 0 Å². The summed E-state index contributed by atoms with van der Waals surface area (Å²) in [5, 5.41) is 7.89. The van der Waals surface area contributed by atoms with Crippen molar-refractivity contribution < 1.29 is 36.7 Å². The van der Waals surface area contributed by atoms with Gasteiger partial charge in [-0.05, 0) is 6.42 Å². The molecule has 0 bridgehead atoms. The van der Waals surface area contributed by atoms with Crippen molar-refractivity contribution in [2.24, 2.45) is 0 Å². The van der Waals surface area contributed by atoms with Crippen LogP contribution in [0.5, 0.6) is 0 Å². The molecule has 0 saturated heterocycles. The zero-order valence-electron chi connectivity index (χ0n) is 7.51. The molecule has 12 heavy (non-hydrogen) atoms. The van der Waals surface area contributed by atoms with E-state index in [1.54, 1.807) is 0 Å². The molecule has 3 nitrogen and oxygen atoms in total. The van der Waals surface area contributed by atoms with Crippen molar-refractivity contribution in [1.82, 2.24) is 0 Å². The Balaban J connectivity index is 0. The molecule has 0 radical (unpaired) electrons. The van der Waals surface area contributed by atoms with Crippen LogP contribution in [0.4, 0.5) is 0 Å². The molecule has 0 aliphatic rings. The predicted octanol–water partition coefficient (Wildman–Crippen LogP) is 2.36. The smallest absolute Gasteiger partial charge is 0.301 e. The van der Waals surface area contributed by atoms with Crippen molar-refractivity contribution in [1.29, 1.82) is 0 Å². The predicted molar refractivity (Wildman–Crippen MR) is 42.1 cm³/mol. The van der Waals surface area contributed by atoms with Crippen molar-refractivity contribution in [2.75, 3.05) is 0 Å². The Hall–Kier alpha value is 0.144. The Morgan fingerprint density at radius 2 is 1.83 bits per heavy atom. The van der Waals surface area contributed by atoms with Gasteiger partial charge >= 0.3 is 27.7 Å². The Morgan fingerprint density at radius 3 is 2.33 bits per heavy atom. The summed E-state index contributed by atoms with van der Waals surface area (Å²) in [6.45, 7) is 2.14. The van der Waals surface area contributed by atoms with Gasteiger partial charge in [0.2, 0.25) is 0 Å². The molecule has 0 aliphatic heterocycles. The van der Waals surface area contributed by atoms with Gasteiger partial charge < -0.3 is 4.89 Å². The topological polar surface area (TPSA) is 46.5 Å². The van der Waals surface area contributed by atoms with Gasteiger partial charge in [0.05, 0.1) is 0 Å². The van der Waals surface area contributed by atoms with E-state index >= 15 is 0 Å². The minimum atomic E-state index is -0.526. The van der Waals surface area contributed by atoms with Crippen molar-refractivity contribution in [2.45, 2.75) is 45.4 Å². The average Bonchev–Trinajstić information content (AvgIpc) is 2.04. The number of unbranched alkanes of at least 4 members (excludes halogenated alkanes) is 4. The van der Waals surface area contributed by atoms with Crippen molar-refractivity contribution in [3.63, 3.8) is 0 Å². The zero-order valence-corrected chi connectivity index (χ0v) is 9.07. The maximum absolute atomic E-state index is 10.4. The van der Waals surface area contributed by atoms with Gasteiger partial charge in [0.15, 0.2) is 0 Å². The summed E-state index contributed by atoms with van der Waals surface area (Å²) in [6, 6.07) is 0. The van der Waals surface area contributed by atoms with Gasteiger partial charge in [-0.2, -0.15) is 5.26 Å². The largest absolute Gasteiger partial charge is 2.00 e. The van der Waals surface area contributed by atoms with Crippen LogP contribution in [0.1, 0.15) is 45.4 Å². The van der Waals surface area contributed by atoms with Crippen LogP contribution in [0.3, 0.4) is 0 Å². The molecule has 0 rings (SSSR count). The number of hydrogen-bond acceptors (Lipinski definition) is 3. The first-order chi connectivity index (χ1) is 5.31. The first-order valence-electron chi connectivity index (χ1n) is 4.15. The van der Waals surface area contributed by atoms with Gasteiger partial charge in [0, 0.05) is 6.42 Å². The molecule has 68 valence electrons. The van der Waals surface area contributed by atoms with Gasteiger partial charge in [-0.25, -0.2) is 4.79 Å². The van der Waals surface area contributed by atoms with Crippen LogP contribution in [-0.4, -0.2) is 11.2 Å². The molecule has 0 aliphatic carbocycles. The van der Waals surface area contributed by atoms with Crippen LogP contribution in [0, 0.1) is 0 Å². The molecule has 0 unspecified atom stereocenters. The minimum absolute atomic E-state index is 0. The van der Waals surface area contributed by atoms with Crippen molar-refractivity contribution >= 4 is 5.97 Å². The van der Waals surface area contributed by atoms with E-state index in [1.165, 1.54) is 12.8 Å². The van der Waals surface area contributed by atoms with Crippen molar-refractivity contribution in [3.05, 3.63) is 0 Å². The molecule has 0 aromatic carbocycles. The molecular weight excluding hydrogens is 192 g/mol. The summed E-state index contributed by atoms with van der Waals surface area (Å²) in [5.74, 6) is -0.526. The van der Waals surface area contributed by atoms with Crippen LogP contribution in [0.25, 0.3) is 0 Å². The summed E-state index contributed by atoms with van der Waals surface area (Å²) in [6.07, 6.45) is 5.77. The second-order valence-corrected chi connectivity index (χ2v) is 2.63. The second-order valence-electron chi connectivity index (χ2n) is 2.63. The minimum Gasteiger partial charge on any atom is -0.301 e. The Bertz CT molecular complexity index is 106. The number of carbonyl (C=O) groups excluding carboxylic acids is 1. The molecule has 0 heterocycles. The van der Waals surface area contributed by atoms with Crippen molar-refractivity contribution in [3.8, 4) is 0 Å². The third kappa shape index (κ3) is 10.1. The summed E-state index contributed by atoms with van der Waals surface area (Å²) in [4.78, 5) is 13.9. The molecule has 0 amide bonds. The molecular formula is C8H16O3Ti+2. The fourth-order valence-corrected chi connectivity index (χ4v) is 0.919. The van der Waals surface area contributed by atoms with E-state index in [4.69, 9.17) is 5.26 Å². The molecule has 0 saturated carbocycles. The van der Waals surface area contributed by atoms with E-state index in [0.29, 0.717) is 6.42 Å². The molecule has 1 N–H and O–H groups in total.